The van der Waals surface area contributed by atoms with Crippen LogP contribution in [0.3, 0.4) is 0 Å². The number of hydrogen-bond donors (Lipinski definition) is 1. The Hall–Kier alpha value is -3.22. The Labute approximate surface area is 133 Å². The van der Waals surface area contributed by atoms with Gasteiger partial charge in [-0.25, -0.2) is 14.6 Å². The molecule has 1 amide bonds. The number of ether oxygens (including phenoxy) is 1. The van der Waals surface area contributed by atoms with Gasteiger partial charge in [-0.15, -0.1) is 0 Å². The van der Waals surface area contributed by atoms with Crippen LogP contribution in [-0.4, -0.2) is 32.8 Å². The summed E-state index contributed by atoms with van der Waals surface area (Å²) in [5.74, 6) is -0.233. The highest BCUT2D eigenvalue weighted by Crippen LogP contribution is 2.09. The Balaban J connectivity index is 1.60. The first-order valence-corrected chi connectivity index (χ1v) is 6.99. The van der Waals surface area contributed by atoms with Gasteiger partial charge < -0.3 is 10.1 Å². The first kappa shape index (κ1) is 14.7. The number of carbonyl (C=O) groups excluding carboxylic acids is 1. The molecule has 3 aromatic rings. The molecule has 0 atom stereocenters. The Morgan fingerprint density at radius 3 is 2.57 bits per heavy atom. The van der Waals surface area contributed by atoms with Gasteiger partial charge in [0.1, 0.15) is 0 Å². The molecule has 1 aromatic carbocycles. The molecule has 7 nitrogen and oxygen atoms in total. The van der Waals surface area contributed by atoms with Gasteiger partial charge in [-0.2, -0.15) is 5.10 Å². The molecule has 7 heteroatoms. The zero-order valence-electron chi connectivity index (χ0n) is 12.5. The summed E-state index contributed by atoms with van der Waals surface area (Å²) in [6.07, 6.45) is 6.47. The van der Waals surface area contributed by atoms with Crippen molar-refractivity contribution in [1.29, 1.82) is 0 Å². The fourth-order valence-electron chi connectivity index (χ4n) is 2.01. The quantitative estimate of drug-likeness (QED) is 0.774. The summed E-state index contributed by atoms with van der Waals surface area (Å²) in [7, 11) is 1.47. The van der Waals surface area contributed by atoms with Crippen molar-refractivity contribution in [3.8, 4) is 11.7 Å². The first-order chi connectivity index (χ1) is 11.3. The average Bonchev–Trinajstić information content (AvgIpc) is 3.15. The fourth-order valence-corrected chi connectivity index (χ4v) is 2.01. The summed E-state index contributed by atoms with van der Waals surface area (Å²) in [6, 6.07) is 9.89. The lowest BCUT2D eigenvalue weighted by atomic mass is 10.2. The van der Waals surface area contributed by atoms with E-state index in [2.05, 4.69) is 20.4 Å². The molecular weight excluding hydrogens is 294 g/mol. The van der Waals surface area contributed by atoms with E-state index in [1.807, 2.05) is 36.5 Å². The molecule has 0 aliphatic heterocycles. The molecule has 0 bridgehead atoms. The zero-order chi connectivity index (χ0) is 16.1. The predicted molar refractivity (Wildman–Crippen MR) is 83.3 cm³/mol. The van der Waals surface area contributed by atoms with E-state index in [-0.39, 0.29) is 11.9 Å². The van der Waals surface area contributed by atoms with Gasteiger partial charge in [0.05, 0.1) is 18.4 Å². The lowest BCUT2D eigenvalue weighted by Gasteiger charge is -2.07. The van der Waals surface area contributed by atoms with Crippen molar-refractivity contribution in [2.24, 2.45) is 0 Å². The molecule has 23 heavy (non-hydrogen) atoms. The van der Waals surface area contributed by atoms with E-state index in [1.54, 1.807) is 10.9 Å². The second-order valence-corrected chi connectivity index (χ2v) is 4.76. The third-order valence-electron chi connectivity index (χ3n) is 3.23. The van der Waals surface area contributed by atoms with Crippen LogP contribution in [0.2, 0.25) is 0 Å². The minimum atomic E-state index is -0.233. The van der Waals surface area contributed by atoms with Gasteiger partial charge in [0.2, 0.25) is 0 Å². The van der Waals surface area contributed by atoms with Gasteiger partial charge in [0.15, 0.2) is 0 Å². The highest BCUT2D eigenvalue weighted by molar-refractivity contribution is 5.93. The van der Waals surface area contributed by atoms with Crippen LogP contribution in [0.1, 0.15) is 15.9 Å². The molecule has 116 valence electrons. The van der Waals surface area contributed by atoms with Crippen LogP contribution < -0.4 is 10.1 Å². The number of hydrogen-bond acceptors (Lipinski definition) is 5. The molecule has 1 N–H and O–H groups in total. The highest BCUT2D eigenvalue weighted by Gasteiger charge is 2.07. The number of amides is 1. The van der Waals surface area contributed by atoms with Gasteiger partial charge in [-0.05, 0) is 23.8 Å². The van der Waals surface area contributed by atoms with Crippen molar-refractivity contribution < 1.29 is 9.53 Å². The molecule has 0 fully saturated rings. The summed E-state index contributed by atoms with van der Waals surface area (Å²) >= 11 is 0. The van der Waals surface area contributed by atoms with Crippen LogP contribution >= 0.6 is 0 Å². The first-order valence-electron chi connectivity index (χ1n) is 6.99. The predicted octanol–water partition coefficient (Wildman–Crippen LogP) is 1.60. The Bertz CT molecular complexity index is 767. The van der Waals surface area contributed by atoms with E-state index in [0.717, 1.165) is 11.3 Å². The normalized spacial score (nSPS) is 10.3. The van der Waals surface area contributed by atoms with Crippen molar-refractivity contribution >= 4 is 5.91 Å². The molecule has 0 radical (unpaired) electrons. The number of nitrogens with one attached hydrogen (secondary N) is 1. The van der Waals surface area contributed by atoms with Gasteiger partial charge in [-0.1, -0.05) is 12.1 Å². The minimum Gasteiger partial charge on any atom is -0.467 e. The van der Waals surface area contributed by atoms with Crippen LogP contribution in [0.5, 0.6) is 6.01 Å². The highest BCUT2D eigenvalue weighted by atomic mass is 16.5. The molecule has 0 spiro atoms. The van der Waals surface area contributed by atoms with Crippen LogP contribution in [0.25, 0.3) is 5.69 Å². The van der Waals surface area contributed by atoms with E-state index in [0.29, 0.717) is 12.1 Å². The number of benzene rings is 1. The van der Waals surface area contributed by atoms with Gasteiger partial charge in [0, 0.05) is 31.3 Å². The van der Waals surface area contributed by atoms with E-state index < -0.39 is 0 Å². The summed E-state index contributed by atoms with van der Waals surface area (Å²) in [4.78, 5) is 19.8. The lowest BCUT2D eigenvalue weighted by Crippen LogP contribution is -2.23. The molecule has 0 saturated heterocycles. The maximum absolute atomic E-state index is 12.0. The number of methoxy groups -OCH3 is 1. The molecule has 0 unspecified atom stereocenters. The maximum atomic E-state index is 12.0. The van der Waals surface area contributed by atoms with Gasteiger partial charge >= 0.3 is 6.01 Å². The molecule has 2 heterocycles. The molecule has 2 aromatic heterocycles. The molecule has 3 rings (SSSR count). The lowest BCUT2D eigenvalue weighted by molar-refractivity contribution is 0.0950. The van der Waals surface area contributed by atoms with Crippen LogP contribution in [0.4, 0.5) is 0 Å². The third kappa shape index (κ3) is 3.52. The van der Waals surface area contributed by atoms with Crippen molar-refractivity contribution in [2.45, 2.75) is 6.54 Å². The number of nitrogens with zero attached hydrogens (tertiary/aromatic N) is 4. The van der Waals surface area contributed by atoms with E-state index in [4.69, 9.17) is 4.74 Å². The summed E-state index contributed by atoms with van der Waals surface area (Å²) in [6.45, 7) is 0.421. The van der Waals surface area contributed by atoms with E-state index in [9.17, 15) is 4.79 Å². The maximum Gasteiger partial charge on any atom is 0.316 e. The van der Waals surface area contributed by atoms with Crippen molar-refractivity contribution in [3.05, 3.63) is 66.2 Å². The number of carbonyl (C=O) groups is 1. The van der Waals surface area contributed by atoms with E-state index in [1.165, 1.54) is 19.5 Å². The second kappa shape index (κ2) is 6.69. The molecular formula is C16H15N5O2. The topological polar surface area (TPSA) is 81.9 Å². The van der Waals surface area contributed by atoms with Crippen LogP contribution in [0.15, 0.2) is 55.1 Å². The third-order valence-corrected chi connectivity index (χ3v) is 3.23. The standard InChI is InChI=1S/C16H15N5O2/c1-23-16-18-10-13(11-19-16)15(22)17-9-12-3-5-14(6-4-12)21-8-2-7-20-21/h2-8,10-11H,9H2,1H3,(H,17,22). The Kier molecular flexibility index (Phi) is 4.28. The second-order valence-electron chi connectivity index (χ2n) is 4.76. The zero-order valence-corrected chi connectivity index (χ0v) is 12.5. The van der Waals surface area contributed by atoms with Gasteiger partial charge in [-0.3, -0.25) is 4.79 Å². The van der Waals surface area contributed by atoms with Crippen molar-refractivity contribution in [1.82, 2.24) is 25.1 Å². The number of rotatable bonds is 5. The smallest absolute Gasteiger partial charge is 0.316 e. The van der Waals surface area contributed by atoms with Crippen molar-refractivity contribution in [2.75, 3.05) is 7.11 Å². The molecule has 0 aliphatic carbocycles. The average molecular weight is 309 g/mol. The van der Waals surface area contributed by atoms with Crippen molar-refractivity contribution in [3.63, 3.8) is 0 Å². The fraction of sp³-hybridized carbons (Fsp3) is 0.125. The Morgan fingerprint density at radius 2 is 1.96 bits per heavy atom. The van der Waals surface area contributed by atoms with E-state index >= 15 is 0 Å². The van der Waals surface area contributed by atoms with Crippen LogP contribution in [0, 0.1) is 0 Å². The Morgan fingerprint density at radius 1 is 1.22 bits per heavy atom. The molecule has 0 saturated carbocycles. The van der Waals surface area contributed by atoms with Crippen LogP contribution in [-0.2, 0) is 6.54 Å². The number of aromatic nitrogens is 4. The summed E-state index contributed by atoms with van der Waals surface area (Å²) in [5.41, 5.74) is 2.34. The molecule has 0 aliphatic rings. The SMILES string of the molecule is COc1ncc(C(=O)NCc2ccc(-n3cccn3)cc2)cn1. The minimum absolute atomic E-state index is 0.232. The summed E-state index contributed by atoms with van der Waals surface area (Å²) < 4.78 is 6.63. The summed E-state index contributed by atoms with van der Waals surface area (Å²) in [5, 5.41) is 6.99. The monoisotopic (exact) mass is 309 g/mol. The largest absolute Gasteiger partial charge is 0.467 e. The van der Waals surface area contributed by atoms with Gasteiger partial charge in [0.25, 0.3) is 5.91 Å².